The molecular formula is C38H49FN28O3. The number of rotatable bonds is 14. The van der Waals surface area contributed by atoms with E-state index in [4.69, 9.17) is 5.53 Å². The van der Waals surface area contributed by atoms with Crippen LogP contribution in [0.1, 0.15) is 27.7 Å². The molecule has 0 radical (unpaired) electrons. The van der Waals surface area contributed by atoms with Gasteiger partial charge in [-0.1, -0.05) is 23.1 Å². The number of benzene rings is 2. The van der Waals surface area contributed by atoms with Crippen molar-refractivity contribution in [2.24, 2.45) is 108 Å². The number of pyridine rings is 1. The normalized spacial score (nSPS) is 17.4. The smallest absolute Gasteiger partial charge is 0.239 e. The van der Waals surface area contributed by atoms with E-state index in [1.54, 1.807) is 47.5 Å². The van der Waals surface area contributed by atoms with Gasteiger partial charge in [-0.25, -0.2) is 19.3 Å². The average molecular weight is 965 g/mol. The van der Waals surface area contributed by atoms with Crippen LogP contribution in [0, 0.1) is 16.8 Å². The minimum atomic E-state index is -1.28. The van der Waals surface area contributed by atoms with Gasteiger partial charge in [0, 0.05) is 86.6 Å². The summed E-state index contributed by atoms with van der Waals surface area (Å²) in [6.45, 7) is 5.99. The number of hydrogen-bond donors (Lipinski definition) is 5. The van der Waals surface area contributed by atoms with Crippen LogP contribution in [0.3, 0.4) is 0 Å². The minimum absolute atomic E-state index is 0. The van der Waals surface area contributed by atoms with Crippen molar-refractivity contribution in [1.82, 2.24) is 34.5 Å². The standard InChI is InChI=1S/C37H38FN9O3.CH4.H4N10.H3N9/c1-24-21-46(32-12-7-27(20-41-32)35-39-14-4-15-40-35)17-18-47(24)33(49)22-45-16-13-37(23-45,25(2)48)36(50)42-29-10-11-31-30(19-29)34(43-44(31)3)26-5-8-28(38)9-6-26;;1-3-5-7-9-10-8-6-4-2;1-3-5-7-9-8-6-4-2/h4-12,14-15,19-20,24H,13,16-18,21-23H2,1-3H3,(H,42,50);1H4;(H2,1,4,5,8,9)(H2,2,3,6,7,10);(H3,1,2,5,6,9)/t24-,37?;;;/m1.../s1. The third-order valence-corrected chi connectivity index (χ3v) is 10.4. The number of fused-ring (bicyclic) bond motifs is 1. The number of piperazine rings is 1. The molecule has 32 heteroatoms. The number of anilines is 2. The molecule has 8 N–H and O–H groups in total. The molecule has 0 aliphatic carbocycles. The van der Waals surface area contributed by atoms with Crippen molar-refractivity contribution in [3.05, 3.63) is 85.1 Å². The molecule has 2 amide bonds. The molecule has 2 saturated heterocycles. The minimum Gasteiger partial charge on any atom is -0.353 e. The number of aromatic nitrogens is 5. The molecule has 0 bridgehead atoms. The van der Waals surface area contributed by atoms with Crippen molar-refractivity contribution in [3.63, 3.8) is 0 Å². The number of halogens is 1. The fourth-order valence-electron chi connectivity index (χ4n) is 7.26. The monoisotopic (exact) mass is 964 g/mol. The number of carbonyl (C=O) groups excluding carboxylic acids is 3. The van der Waals surface area contributed by atoms with E-state index in [9.17, 15) is 18.8 Å². The molecule has 1 unspecified atom stereocenters. The van der Waals surface area contributed by atoms with Crippen LogP contribution in [0.15, 0.2) is 158 Å². The van der Waals surface area contributed by atoms with Crippen LogP contribution in [0.5, 0.6) is 0 Å². The van der Waals surface area contributed by atoms with Gasteiger partial charge in [-0.15, -0.1) is 0 Å². The Kier molecular flexibility index (Phi) is 20.3. The van der Waals surface area contributed by atoms with Crippen molar-refractivity contribution in [2.45, 2.75) is 33.7 Å². The summed E-state index contributed by atoms with van der Waals surface area (Å²) in [6, 6.07) is 17.2. The first kappa shape index (κ1) is 53.3. The third kappa shape index (κ3) is 14.3. The highest BCUT2D eigenvalue weighted by molar-refractivity contribution is 6.12. The van der Waals surface area contributed by atoms with Crippen LogP contribution >= 0.6 is 0 Å². The predicted octanol–water partition coefficient (Wildman–Crippen LogP) is 6.10. The first-order valence-electron chi connectivity index (χ1n) is 20.3. The Balaban J connectivity index is 0.000000450. The maximum Gasteiger partial charge on any atom is 0.239 e. The van der Waals surface area contributed by atoms with Crippen molar-refractivity contribution >= 4 is 40.0 Å². The average Bonchev–Trinajstić information content (AvgIpc) is 3.95. The van der Waals surface area contributed by atoms with Gasteiger partial charge in [0.25, 0.3) is 0 Å². The molecular weight excluding hydrogens is 916 g/mol. The molecule has 7 rings (SSSR count). The molecule has 31 nitrogen and oxygen atoms in total. The number of aryl methyl sites for hydroxylation is 1. The fourth-order valence-corrected chi connectivity index (χ4v) is 7.26. The van der Waals surface area contributed by atoms with E-state index < -0.39 is 11.3 Å². The molecule has 70 heavy (non-hydrogen) atoms. The summed E-state index contributed by atoms with van der Waals surface area (Å²) in [5, 5.41) is 50.7. The molecule has 2 fully saturated rings. The number of Topliss-reactive ketones (excluding diaryl/α,β-unsaturated/α-hetero) is 1. The molecule has 2 aliphatic rings. The van der Waals surface area contributed by atoms with Crippen LogP contribution in [0.4, 0.5) is 15.9 Å². The summed E-state index contributed by atoms with van der Waals surface area (Å²) in [4.78, 5) is 59.6. The summed E-state index contributed by atoms with van der Waals surface area (Å²) in [6.07, 6.45) is 5.47. The maximum absolute atomic E-state index is 13.8. The van der Waals surface area contributed by atoms with Gasteiger partial charge in [0.15, 0.2) is 5.82 Å². The Hall–Kier alpha value is -9.36. The molecule has 0 spiro atoms. The molecule has 366 valence electrons. The lowest BCUT2D eigenvalue weighted by molar-refractivity contribution is -0.139. The largest absolute Gasteiger partial charge is 0.353 e. The van der Waals surface area contributed by atoms with E-state index in [2.05, 4.69) is 126 Å². The third-order valence-electron chi connectivity index (χ3n) is 10.4. The van der Waals surface area contributed by atoms with E-state index >= 15 is 0 Å². The number of nitrogens with one attached hydrogen (secondary N) is 2. The Morgan fingerprint density at radius 3 is 2.00 bits per heavy atom. The van der Waals surface area contributed by atoms with Crippen molar-refractivity contribution in [1.29, 1.82) is 5.53 Å². The lowest BCUT2D eigenvalue weighted by atomic mass is 9.82. The Morgan fingerprint density at radius 1 is 0.814 bits per heavy atom. The van der Waals surface area contributed by atoms with Crippen LogP contribution in [0.2, 0.25) is 0 Å². The fraction of sp³-hybridized carbons (Fsp3) is 0.342. The van der Waals surface area contributed by atoms with Crippen LogP contribution in [-0.2, 0) is 21.4 Å². The van der Waals surface area contributed by atoms with Gasteiger partial charge in [-0.2, -0.15) is 10.6 Å². The van der Waals surface area contributed by atoms with Crippen LogP contribution in [-0.4, -0.2) is 97.4 Å². The molecule has 2 aliphatic heterocycles. The number of likely N-dealkylation sites (tertiary alicyclic amines) is 1. The van der Waals surface area contributed by atoms with Gasteiger partial charge in [0.2, 0.25) is 11.8 Å². The highest BCUT2D eigenvalue weighted by Crippen LogP contribution is 2.35. The Bertz CT molecular complexity index is 2710. The number of nitrogens with two attached hydrogens (primary N) is 3. The quantitative estimate of drug-likeness (QED) is 0.0364. The summed E-state index contributed by atoms with van der Waals surface area (Å²) in [7, 11) is 1.82. The van der Waals surface area contributed by atoms with E-state index in [1.165, 1.54) is 19.1 Å². The molecule has 2 atom stereocenters. The molecule has 0 saturated carbocycles. The lowest BCUT2D eigenvalue weighted by Crippen LogP contribution is -2.56. The number of amides is 2. The zero-order valence-corrected chi connectivity index (χ0v) is 37.2. The SMILES string of the molecule is C.CC(=O)C1(C(=O)Nc2ccc3c(c2)c(-c2ccc(F)cc2)nn3C)CCN(CC(=O)N2CCN(c3ccc(-c4ncccn4)cn3)C[C@H]2C)C1.N/N=N/N=N/N=N/N=N/N.N=N/N=N/N=N/N=N/N. The topological polar surface area (TPSA) is 417 Å². The Labute approximate surface area is 397 Å². The Morgan fingerprint density at radius 2 is 1.43 bits per heavy atom. The highest BCUT2D eigenvalue weighted by atomic mass is 19.1. The highest BCUT2D eigenvalue weighted by Gasteiger charge is 2.49. The molecule has 5 heterocycles. The van der Waals surface area contributed by atoms with Gasteiger partial charge >= 0.3 is 0 Å². The second-order valence-electron chi connectivity index (χ2n) is 14.6. The molecule has 3 aromatic heterocycles. The van der Waals surface area contributed by atoms with E-state index in [1.807, 2.05) is 48.0 Å². The molecule has 5 aromatic rings. The number of ketones is 1. The number of carbonyl (C=O) groups is 3. The summed E-state index contributed by atoms with van der Waals surface area (Å²) < 4.78 is 15.3. The maximum atomic E-state index is 13.8. The van der Waals surface area contributed by atoms with E-state index in [0.717, 1.165) is 27.8 Å². The van der Waals surface area contributed by atoms with Crippen molar-refractivity contribution in [2.75, 3.05) is 49.5 Å². The van der Waals surface area contributed by atoms with Crippen LogP contribution < -0.4 is 27.7 Å². The zero-order valence-electron chi connectivity index (χ0n) is 37.2. The van der Waals surface area contributed by atoms with Gasteiger partial charge in [0.05, 0.1) is 12.1 Å². The van der Waals surface area contributed by atoms with Gasteiger partial charge in [-0.05, 0) is 144 Å². The van der Waals surface area contributed by atoms with Gasteiger partial charge in [-0.3, -0.25) is 24.0 Å². The zero-order chi connectivity index (χ0) is 49.6. The summed E-state index contributed by atoms with van der Waals surface area (Å²) >= 11 is 0. The first-order valence-corrected chi connectivity index (χ1v) is 20.3. The van der Waals surface area contributed by atoms with E-state index in [-0.39, 0.29) is 44.1 Å². The van der Waals surface area contributed by atoms with Crippen molar-refractivity contribution < 1.29 is 18.8 Å². The van der Waals surface area contributed by atoms with Crippen molar-refractivity contribution in [3.8, 4) is 22.6 Å². The second kappa shape index (κ2) is 26.7. The second-order valence-corrected chi connectivity index (χ2v) is 14.6. The molecule has 2 aromatic carbocycles. The summed E-state index contributed by atoms with van der Waals surface area (Å²) in [5.74, 6) is 14.0. The predicted molar refractivity (Wildman–Crippen MR) is 246 cm³/mol. The van der Waals surface area contributed by atoms with Crippen LogP contribution in [0.25, 0.3) is 33.5 Å². The first-order chi connectivity index (χ1) is 33.4. The summed E-state index contributed by atoms with van der Waals surface area (Å²) in [5.41, 5.74) is 8.40. The number of hydrogen-bond acceptors (Lipinski definition) is 13. The van der Waals surface area contributed by atoms with Gasteiger partial charge < -0.3 is 32.6 Å². The van der Waals surface area contributed by atoms with Gasteiger partial charge in [0.1, 0.15) is 28.5 Å². The van der Waals surface area contributed by atoms with E-state index in [0.29, 0.717) is 49.8 Å². The number of nitrogens with zero attached hydrogens (tertiary/aromatic N) is 23. The lowest BCUT2D eigenvalue weighted by Gasteiger charge is -2.41.